The zero-order chi connectivity index (χ0) is 20.5. The third kappa shape index (κ3) is 4.05. The lowest BCUT2D eigenvalue weighted by atomic mass is 10.1. The maximum absolute atomic E-state index is 12.3. The van der Waals surface area contributed by atoms with Gasteiger partial charge < -0.3 is 9.84 Å². The number of hydrogen-bond donors (Lipinski definition) is 1. The van der Waals surface area contributed by atoms with Gasteiger partial charge in [-0.15, -0.1) is 0 Å². The summed E-state index contributed by atoms with van der Waals surface area (Å²) in [5.74, 6) is -1.08. The molecule has 0 spiro atoms. The fourth-order valence-corrected chi connectivity index (χ4v) is 2.94. The van der Waals surface area contributed by atoms with E-state index in [-0.39, 0.29) is 18.0 Å². The van der Waals surface area contributed by atoms with E-state index in [1.165, 1.54) is 12.4 Å². The van der Waals surface area contributed by atoms with Gasteiger partial charge in [-0.25, -0.2) is 9.78 Å². The normalized spacial score (nSPS) is 11.8. The monoisotopic (exact) mass is 394 g/mol. The zero-order valence-electron chi connectivity index (χ0n) is 15.1. The van der Waals surface area contributed by atoms with E-state index < -0.39 is 18.8 Å². The van der Waals surface area contributed by atoms with Crippen LogP contribution in [-0.2, 0) is 13.0 Å². The molecule has 0 atom stereocenters. The number of nitrogens with zero attached hydrogens (tertiary/aromatic N) is 4. The largest absolute Gasteiger partial charge is 0.482 e. The number of pyridine rings is 2. The van der Waals surface area contributed by atoms with E-state index in [0.717, 1.165) is 0 Å². The van der Waals surface area contributed by atoms with Crippen molar-refractivity contribution in [2.45, 2.75) is 33.0 Å². The third-order valence-corrected chi connectivity index (χ3v) is 4.12. The number of carbonyl (C=O) groups is 1. The molecular weight excluding hydrogens is 377 g/mol. The smallest absolute Gasteiger partial charge is 0.422 e. The number of fused-ring (bicyclic) bond motifs is 1. The lowest BCUT2D eigenvalue weighted by Crippen LogP contribution is -2.19. The standard InChI is InChI=1S/C18H17F3N4O3/c1-3-13-15-12(4-5-22-16(15)17(26)27)24-25(13)8-11-6-10(2)14(7-23-11)28-9-18(19,20)21/h4-7H,3,8-9H2,1-2H3,(H,26,27). The summed E-state index contributed by atoms with van der Waals surface area (Å²) in [6.45, 7) is 2.35. The minimum Gasteiger partial charge on any atom is -0.482 e. The van der Waals surface area contributed by atoms with Crippen LogP contribution >= 0.6 is 0 Å². The Morgan fingerprint density at radius 2 is 2.07 bits per heavy atom. The van der Waals surface area contributed by atoms with E-state index in [9.17, 15) is 23.1 Å². The highest BCUT2D eigenvalue weighted by atomic mass is 19.4. The number of halogens is 3. The lowest BCUT2D eigenvalue weighted by molar-refractivity contribution is -0.153. The Hall–Kier alpha value is -3.17. The number of hydrogen-bond acceptors (Lipinski definition) is 5. The fourth-order valence-electron chi connectivity index (χ4n) is 2.94. The van der Waals surface area contributed by atoms with Crippen molar-refractivity contribution >= 4 is 16.9 Å². The summed E-state index contributed by atoms with van der Waals surface area (Å²) in [6, 6.07) is 3.25. The van der Waals surface area contributed by atoms with Gasteiger partial charge in [0.25, 0.3) is 0 Å². The Morgan fingerprint density at radius 3 is 2.68 bits per heavy atom. The molecule has 3 aromatic rings. The molecule has 0 saturated heterocycles. The summed E-state index contributed by atoms with van der Waals surface area (Å²) in [5, 5.41) is 14.3. The SMILES string of the molecule is CCc1c2c(C(=O)O)nccc2nn1Cc1cc(C)c(OCC(F)(F)F)cn1. The Morgan fingerprint density at radius 1 is 1.32 bits per heavy atom. The number of rotatable bonds is 6. The molecule has 0 bridgehead atoms. The number of aromatic carboxylic acids is 1. The first-order valence-electron chi connectivity index (χ1n) is 8.42. The summed E-state index contributed by atoms with van der Waals surface area (Å²) in [6.07, 6.45) is -1.27. The van der Waals surface area contributed by atoms with Crippen LogP contribution in [-0.4, -0.2) is 43.6 Å². The molecule has 0 radical (unpaired) electrons. The Kier molecular flexibility index (Phi) is 5.21. The molecule has 28 heavy (non-hydrogen) atoms. The van der Waals surface area contributed by atoms with E-state index in [2.05, 4.69) is 15.1 Å². The first kappa shape index (κ1) is 19.6. The van der Waals surface area contributed by atoms with Crippen LogP contribution in [0.25, 0.3) is 10.9 Å². The number of carboxylic acids is 1. The first-order valence-corrected chi connectivity index (χ1v) is 8.42. The van der Waals surface area contributed by atoms with E-state index >= 15 is 0 Å². The molecule has 0 aliphatic carbocycles. The maximum Gasteiger partial charge on any atom is 0.422 e. The van der Waals surface area contributed by atoms with Crippen LogP contribution in [0.5, 0.6) is 5.75 Å². The summed E-state index contributed by atoms with van der Waals surface area (Å²) in [7, 11) is 0. The Balaban J connectivity index is 1.92. The molecule has 0 unspecified atom stereocenters. The van der Waals surface area contributed by atoms with Crippen molar-refractivity contribution in [1.82, 2.24) is 19.7 Å². The molecule has 0 aliphatic rings. The van der Waals surface area contributed by atoms with Crippen molar-refractivity contribution in [3.8, 4) is 5.75 Å². The van der Waals surface area contributed by atoms with Gasteiger partial charge in [-0.05, 0) is 31.0 Å². The summed E-state index contributed by atoms with van der Waals surface area (Å²) >= 11 is 0. The van der Waals surface area contributed by atoms with Crippen LogP contribution in [0.15, 0.2) is 24.5 Å². The van der Waals surface area contributed by atoms with Gasteiger partial charge in [0, 0.05) is 11.9 Å². The number of alkyl halides is 3. The molecule has 3 heterocycles. The number of aryl methyl sites for hydroxylation is 2. The van der Waals surface area contributed by atoms with E-state index in [4.69, 9.17) is 4.74 Å². The van der Waals surface area contributed by atoms with Crippen LogP contribution < -0.4 is 4.74 Å². The molecule has 7 nitrogen and oxygen atoms in total. The number of ether oxygens (including phenoxy) is 1. The molecule has 1 N–H and O–H groups in total. The molecule has 148 valence electrons. The predicted octanol–water partition coefficient (Wildman–Crippen LogP) is 3.38. The second-order valence-electron chi connectivity index (χ2n) is 6.16. The van der Waals surface area contributed by atoms with Crippen LogP contribution in [0.4, 0.5) is 13.2 Å². The summed E-state index contributed by atoms with van der Waals surface area (Å²) in [5.41, 5.74) is 2.20. The molecule has 0 fully saturated rings. The van der Waals surface area contributed by atoms with Gasteiger partial charge in [0.1, 0.15) is 5.75 Å². The topological polar surface area (TPSA) is 90.1 Å². The maximum atomic E-state index is 12.3. The van der Waals surface area contributed by atoms with Crippen molar-refractivity contribution in [3.63, 3.8) is 0 Å². The minimum atomic E-state index is -4.42. The highest BCUT2D eigenvalue weighted by Crippen LogP contribution is 2.24. The molecule has 3 rings (SSSR count). The molecule has 0 aliphatic heterocycles. The highest BCUT2D eigenvalue weighted by Gasteiger charge is 2.28. The van der Waals surface area contributed by atoms with Crippen molar-refractivity contribution in [2.75, 3.05) is 6.61 Å². The van der Waals surface area contributed by atoms with Gasteiger partial charge in [-0.3, -0.25) is 9.67 Å². The summed E-state index contributed by atoms with van der Waals surface area (Å²) < 4.78 is 43.3. The molecule has 10 heteroatoms. The number of aromatic nitrogens is 4. The van der Waals surface area contributed by atoms with E-state index in [1.807, 2.05) is 6.92 Å². The minimum absolute atomic E-state index is 0.0554. The molecule has 0 amide bonds. The van der Waals surface area contributed by atoms with Crippen LogP contribution in [0.3, 0.4) is 0 Å². The quantitative estimate of drug-likeness (QED) is 0.689. The van der Waals surface area contributed by atoms with Crippen LogP contribution in [0.1, 0.15) is 34.4 Å². The lowest BCUT2D eigenvalue weighted by Gasteiger charge is -2.12. The van der Waals surface area contributed by atoms with Crippen molar-refractivity contribution in [3.05, 3.63) is 47.2 Å². The van der Waals surface area contributed by atoms with Crippen molar-refractivity contribution < 1.29 is 27.8 Å². The Labute approximate surface area is 157 Å². The van der Waals surface area contributed by atoms with Crippen LogP contribution in [0, 0.1) is 6.92 Å². The van der Waals surface area contributed by atoms with Crippen molar-refractivity contribution in [1.29, 1.82) is 0 Å². The predicted molar refractivity (Wildman–Crippen MR) is 93.5 cm³/mol. The van der Waals surface area contributed by atoms with E-state index in [1.54, 1.807) is 23.7 Å². The second-order valence-corrected chi connectivity index (χ2v) is 6.16. The number of carboxylic acid groups (broad SMARTS) is 1. The van der Waals surface area contributed by atoms with Gasteiger partial charge >= 0.3 is 12.1 Å². The Bertz CT molecular complexity index is 1030. The van der Waals surface area contributed by atoms with Gasteiger partial charge in [-0.2, -0.15) is 18.3 Å². The highest BCUT2D eigenvalue weighted by molar-refractivity contribution is 6.01. The van der Waals surface area contributed by atoms with Crippen LogP contribution in [0.2, 0.25) is 0 Å². The average Bonchev–Trinajstić information content (AvgIpc) is 2.96. The van der Waals surface area contributed by atoms with Crippen molar-refractivity contribution in [2.24, 2.45) is 0 Å². The zero-order valence-corrected chi connectivity index (χ0v) is 15.1. The van der Waals surface area contributed by atoms with Gasteiger partial charge in [0.15, 0.2) is 12.3 Å². The van der Waals surface area contributed by atoms with Gasteiger partial charge in [0.05, 0.1) is 29.3 Å². The van der Waals surface area contributed by atoms with Gasteiger partial charge in [0.2, 0.25) is 0 Å². The molecule has 0 aromatic carbocycles. The molecule has 0 saturated carbocycles. The third-order valence-electron chi connectivity index (χ3n) is 4.12. The van der Waals surface area contributed by atoms with E-state index in [0.29, 0.717) is 34.3 Å². The average molecular weight is 394 g/mol. The second kappa shape index (κ2) is 7.45. The molecule has 3 aromatic heterocycles. The van der Waals surface area contributed by atoms with Gasteiger partial charge in [-0.1, -0.05) is 6.92 Å². The summed E-state index contributed by atoms with van der Waals surface area (Å²) in [4.78, 5) is 19.5. The first-order chi connectivity index (χ1) is 13.2. The molecular formula is C18H17F3N4O3. The fraction of sp³-hybridized carbons (Fsp3) is 0.333.